The minimum absolute atomic E-state index is 0.0422. The minimum Gasteiger partial charge on any atom is -0.293 e. The SMILES string of the molecule is CC(C)(C)CCC1C(=O)C(=O)c2ccccc2C1=O. The van der Waals surface area contributed by atoms with E-state index in [0.29, 0.717) is 12.0 Å². The predicted molar refractivity (Wildman–Crippen MR) is 72.3 cm³/mol. The van der Waals surface area contributed by atoms with Gasteiger partial charge in [0.05, 0.1) is 5.92 Å². The van der Waals surface area contributed by atoms with Gasteiger partial charge in [-0.25, -0.2) is 0 Å². The number of carbonyl (C=O) groups excluding carboxylic acids is 3. The molecule has 0 heterocycles. The molecule has 1 atom stereocenters. The van der Waals surface area contributed by atoms with Gasteiger partial charge in [0.25, 0.3) is 0 Å². The van der Waals surface area contributed by atoms with Crippen molar-refractivity contribution in [3.8, 4) is 0 Å². The molecular formula is C16H18O3. The summed E-state index contributed by atoms with van der Waals surface area (Å²) in [5, 5.41) is 0. The fourth-order valence-electron chi connectivity index (χ4n) is 2.33. The van der Waals surface area contributed by atoms with Crippen molar-refractivity contribution < 1.29 is 14.4 Å². The molecule has 0 fully saturated rings. The monoisotopic (exact) mass is 258 g/mol. The van der Waals surface area contributed by atoms with Crippen LogP contribution in [0.15, 0.2) is 24.3 Å². The molecule has 0 radical (unpaired) electrons. The molecule has 0 spiro atoms. The maximum atomic E-state index is 12.3. The summed E-state index contributed by atoms with van der Waals surface area (Å²) in [7, 11) is 0. The van der Waals surface area contributed by atoms with Gasteiger partial charge in [-0.1, -0.05) is 45.0 Å². The summed E-state index contributed by atoms with van der Waals surface area (Å²) >= 11 is 0. The van der Waals surface area contributed by atoms with Crippen molar-refractivity contribution in [2.45, 2.75) is 33.6 Å². The van der Waals surface area contributed by atoms with Crippen LogP contribution in [0.1, 0.15) is 54.3 Å². The van der Waals surface area contributed by atoms with Gasteiger partial charge in [-0.3, -0.25) is 14.4 Å². The highest BCUT2D eigenvalue weighted by Gasteiger charge is 2.39. The van der Waals surface area contributed by atoms with Crippen molar-refractivity contribution in [2.75, 3.05) is 0 Å². The molecule has 0 saturated heterocycles. The fourth-order valence-corrected chi connectivity index (χ4v) is 2.33. The Bertz CT molecular complexity index is 549. The van der Waals surface area contributed by atoms with E-state index in [2.05, 4.69) is 20.8 Å². The largest absolute Gasteiger partial charge is 0.293 e. The molecule has 1 aromatic rings. The van der Waals surface area contributed by atoms with Gasteiger partial charge < -0.3 is 0 Å². The van der Waals surface area contributed by atoms with Crippen LogP contribution in [0, 0.1) is 11.3 Å². The normalized spacial score (nSPS) is 19.5. The molecule has 2 rings (SSSR count). The van der Waals surface area contributed by atoms with Gasteiger partial charge >= 0.3 is 0 Å². The van der Waals surface area contributed by atoms with Gasteiger partial charge in [-0.05, 0) is 18.3 Å². The Kier molecular flexibility index (Phi) is 3.40. The van der Waals surface area contributed by atoms with Crippen LogP contribution in [0.25, 0.3) is 0 Å². The van der Waals surface area contributed by atoms with Crippen molar-refractivity contribution in [3.63, 3.8) is 0 Å². The Hall–Kier alpha value is -1.77. The fraction of sp³-hybridized carbons (Fsp3) is 0.438. The van der Waals surface area contributed by atoms with Crippen molar-refractivity contribution in [1.29, 1.82) is 0 Å². The van der Waals surface area contributed by atoms with Gasteiger partial charge in [0, 0.05) is 11.1 Å². The summed E-state index contributed by atoms with van der Waals surface area (Å²) < 4.78 is 0. The molecule has 19 heavy (non-hydrogen) atoms. The Morgan fingerprint density at radius 3 is 2.11 bits per heavy atom. The first-order valence-corrected chi connectivity index (χ1v) is 6.53. The van der Waals surface area contributed by atoms with E-state index in [1.807, 2.05) is 0 Å². The molecule has 3 nitrogen and oxygen atoms in total. The van der Waals surface area contributed by atoms with Crippen LogP contribution >= 0.6 is 0 Å². The maximum Gasteiger partial charge on any atom is 0.230 e. The summed E-state index contributed by atoms with van der Waals surface area (Å²) in [6, 6.07) is 6.58. The summed E-state index contributed by atoms with van der Waals surface area (Å²) in [5.41, 5.74) is 0.691. The highest BCUT2D eigenvalue weighted by atomic mass is 16.2. The lowest BCUT2D eigenvalue weighted by molar-refractivity contribution is -0.117. The van der Waals surface area contributed by atoms with Crippen molar-refractivity contribution in [1.82, 2.24) is 0 Å². The number of Topliss-reactive ketones (excluding diaryl/α,β-unsaturated/α-hetero) is 3. The lowest BCUT2D eigenvalue weighted by Gasteiger charge is -2.24. The third kappa shape index (κ3) is 2.65. The van der Waals surface area contributed by atoms with Crippen molar-refractivity contribution >= 4 is 17.3 Å². The molecular weight excluding hydrogens is 240 g/mol. The first-order valence-electron chi connectivity index (χ1n) is 6.53. The molecule has 3 heteroatoms. The van der Waals surface area contributed by atoms with Gasteiger partial charge in [0.2, 0.25) is 11.6 Å². The molecule has 1 aromatic carbocycles. The van der Waals surface area contributed by atoms with Gasteiger partial charge in [0.15, 0.2) is 5.78 Å². The zero-order chi connectivity index (χ0) is 14.2. The quantitative estimate of drug-likeness (QED) is 0.605. The van der Waals surface area contributed by atoms with Gasteiger partial charge in [0.1, 0.15) is 0 Å². The zero-order valence-electron chi connectivity index (χ0n) is 11.5. The van der Waals surface area contributed by atoms with Gasteiger partial charge in [-0.2, -0.15) is 0 Å². The average molecular weight is 258 g/mol. The number of fused-ring (bicyclic) bond motifs is 1. The second kappa shape index (κ2) is 4.72. The molecule has 0 amide bonds. The third-order valence-electron chi connectivity index (χ3n) is 3.48. The van der Waals surface area contributed by atoms with Crippen LogP contribution in [-0.4, -0.2) is 17.3 Å². The lowest BCUT2D eigenvalue weighted by atomic mass is 9.76. The lowest BCUT2D eigenvalue weighted by Crippen LogP contribution is -2.37. The molecule has 1 aliphatic carbocycles. The second-order valence-electron chi connectivity index (χ2n) is 6.26. The Labute approximate surface area is 113 Å². The molecule has 0 saturated carbocycles. The van der Waals surface area contributed by atoms with E-state index in [-0.39, 0.29) is 16.8 Å². The second-order valence-corrected chi connectivity index (χ2v) is 6.26. The maximum absolute atomic E-state index is 12.3. The van der Waals surface area contributed by atoms with Crippen LogP contribution in [0.3, 0.4) is 0 Å². The number of hydrogen-bond acceptors (Lipinski definition) is 3. The van der Waals surface area contributed by atoms with E-state index in [9.17, 15) is 14.4 Å². The Morgan fingerprint density at radius 1 is 0.947 bits per heavy atom. The first-order chi connectivity index (χ1) is 8.81. The van der Waals surface area contributed by atoms with Crippen LogP contribution in [0.4, 0.5) is 0 Å². The smallest absolute Gasteiger partial charge is 0.230 e. The van der Waals surface area contributed by atoms with E-state index >= 15 is 0 Å². The molecule has 100 valence electrons. The molecule has 0 N–H and O–H groups in total. The molecule has 1 aliphatic rings. The highest BCUT2D eigenvalue weighted by Crippen LogP contribution is 2.30. The molecule has 1 unspecified atom stereocenters. The van der Waals surface area contributed by atoms with Crippen molar-refractivity contribution in [2.24, 2.45) is 11.3 Å². The van der Waals surface area contributed by atoms with Gasteiger partial charge in [-0.15, -0.1) is 0 Å². The first kappa shape index (κ1) is 13.7. The summed E-state index contributed by atoms with van der Waals surface area (Å²) in [6.07, 6.45) is 1.19. The summed E-state index contributed by atoms with van der Waals surface area (Å²) in [6.45, 7) is 6.17. The zero-order valence-corrected chi connectivity index (χ0v) is 11.5. The molecule has 0 aliphatic heterocycles. The Morgan fingerprint density at radius 2 is 1.53 bits per heavy atom. The summed E-state index contributed by atoms with van der Waals surface area (Å²) in [5.74, 6) is -2.06. The number of ketones is 3. The van der Waals surface area contributed by atoms with E-state index in [0.717, 1.165) is 6.42 Å². The number of benzene rings is 1. The molecule has 0 aromatic heterocycles. The number of hydrogen-bond donors (Lipinski definition) is 0. The third-order valence-corrected chi connectivity index (χ3v) is 3.48. The predicted octanol–water partition coefficient (Wildman–Crippen LogP) is 3.08. The van der Waals surface area contributed by atoms with E-state index in [1.54, 1.807) is 24.3 Å². The Balaban J connectivity index is 2.31. The van der Waals surface area contributed by atoms with Crippen LogP contribution in [0.2, 0.25) is 0 Å². The average Bonchev–Trinajstić information content (AvgIpc) is 2.35. The summed E-state index contributed by atoms with van der Waals surface area (Å²) in [4.78, 5) is 36.4. The standard InChI is InChI=1S/C16H18O3/c1-16(2,3)9-8-12-13(17)10-6-4-5-7-11(10)14(18)15(12)19/h4-7,12H,8-9H2,1-3H3. The van der Waals surface area contributed by atoms with Crippen molar-refractivity contribution in [3.05, 3.63) is 35.4 Å². The van der Waals surface area contributed by atoms with Crippen LogP contribution < -0.4 is 0 Å². The topological polar surface area (TPSA) is 51.2 Å². The minimum atomic E-state index is -0.790. The number of rotatable bonds is 2. The number of carbonyl (C=O) groups is 3. The van der Waals surface area contributed by atoms with E-state index in [4.69, 9.17) is 0 Å². The van der Waals surface area contributed by atoms with Crippen LogP contribution in [-0.2, 0) is 4.79 Å². The van der Waals surface area contributed by atoms with E-state index < -0.39 is 17.5 Å². The van der Waals surface area contributed by atoms with E-state index in [1.165, 1.54) is 0 Å². The molecule has 0 bridgehead atoms. The van der Waals surface area contributed by atoms with Crippen LogP contribution in [0.5, 0.6) is 0 Å². The highest BCUT2D eigenvalue weighted by molar-refractivity contribution is 6.51.